The Morgan fingerprint density at radius 1 is 1.35 bits per heavy atom. The largest absolute Gasteiger partial charge is 0.394 e. The lowest BCUT2D eigenvalue weighted by molar-refractivity contribution is -0.135. The van der Waals surface area contributed by atoms with Gasteiger partial charge >= 0.3 is 0 Å². The number of fused-ring (bicyclic) bond motifs is 1. The molecule has 4 heteroatoms. The first kappa shape index (κ1) is 14.6. The van der Waals surface area contributed by atoms with Crippen molar-refractivity contribution in [3.8, 4) is 0 Å². The number of nitrogens with one attached hydrogen (secondary N) is 1. The second-order valence-corrected chi connectivity index (χ2v) is 5.87. The van der Waals surface area contributed by atoms with Gasteiger partial charge in [0, 0.05) is 23.6 Å². The highest BCUT2D eigenvalue weighted by molar-refractivity contribution is 5.90. The molecular formula is C16H22N2O2. The highest BCUT2D eigenvalue weighted by atomic mass is 16.3. The summed E-state index contributed by atoms with van der Waals surface area (Å²) in [6.45, 7) is 5.64. The lowest BCUT2D eigenvalue weighted by Gasteiger charge is -2.34. The van der Waals surface area contributed by atoms with Crippen LogP contribution >= 0.6 is 0 Å². The second-order valence-electron chi connectivity index (χ2n) is 5.87. The third-order valence-electron chi connectivity index (χ3n) is 4.02. The fourth-order valence-electron chi connectivity index (χ4n) is 2.28. The predicted molar refractivity (Wildman–Crippen MR) is 80.7 cm³/mol. The average molecular weight is 274 g/mol. The van der Waals surface area contributed by atoms with E-state index in [1.807, 2.05) is 45.0 Å². The zero-order valence-corrected chi connectivity index (χ0v) is 12.5. The van der Waals surface area contributed by atoms with Crippen LogP contribution in [0.15, 0.2) is 24.3 Å². The summed E-state index contributed by atoms with van der Waals surface area (Å²) >= 11 is 0. The minimum Gasteiger partial charge on any atom is -0.394 e. The number of aliphatic hydroxyl groups excluding tert-OH is 1. The van der Waals surface area contributed by atoms with Crippen molar-refractivity contribution >= 4 is 16.8 Å². The van der Waals surface area contributed by atoms with E-state index in [4.69, 9.17) is 0 Å². The maximum Gasteiger partial charge on any atom is 0.227 e. The minimum absolute atomic E-state index is 0.0110. The number of likely N-dealkylation sites (N-methyl/N-ethyl adjacent to an activating group) is 1. The van der Waals surface area contributed by atoms with Crippen molar-refractivity contribution in [3.63, 3.8) is 0 Å². The molecule has 0 aliphatic carbocycles. The topological polar surface area (TPSA) is 56.3 Å². The number of aryl methyl sites for hydroxylation is 1. The summed E-state index contributed by atoms with van der Waals surface area (Å²) in [4.78, 5) is 17.3. The molecule has 0 radical (unpaired) electrons. The number of amides is 1. The molecule has 0 bridgehead atoms. The molecule has 20 heavy (non-hydrogen) atoms. The van der Waals surface area contributed by atoms with Gasteiger partial charge < -0.3 is 15.0 Å². The summed E-state index contributed by atoms with van der Waals surface area (Å²) < 4.78 is 0. The first-order valence-corrected chi connectivity index (χ1v) is 6.80. The normalized spacial score (nSPS) is 11.8. The number of aliphatic hydroxyl groups is 1. The molecule has 1 aromatic heterocycles. The minimum atomic E-state index is -0.545. The van der Waals surface area contributed by atoms with Gasteiger partial charge in [-0.2, -0.15) is 0 Å². The number of aromatic amines is 1. The van der Waals surface area contributed by atoms with Crippen LogP contribution in [-0.4, -0.2) is 40.1 Å². The molecule has 0 atom stereocenters. The van der Waals surface area contributed by atoms with E-state index < -0.39 is 5.54 Å². The third-order valence-corrected chi connectivity index (χ3v) is 4.02. The molecule has 1 amide bonds. The van der Waals surface area contributed by atoms with Crippen LogP contribution in [0.5, 0.6) is 0 Å². The maximum absolute atomic E-state index is 12.4. The van der Waals surface area contributed by atoms with E-state index >= 15 is 0 Å². The van der Waals surface area contributed by atoms with Gasteiger partial charge in [0.25, 0.3) is 0 Å². The average Bonchev–Trinajstić information content (AvgIpc) is 2.74. The van der Waals surface area contributed by atoms with E-state index in [0.29, 0.717) is 6.42 Å². The van der Waals surface area contributed by atoms with Crippen LogP contribution < -0.4 is 0 Å². The van der Waals surface area contributed by atoms with Gasteiger partial charge in [-0.05, 0) is 32.4 Å². The number of para-hydroxylation sites is 1. The molecule has 0 saturated carbocycles. The number of nitrogens with zero attached hydrogens (tertiary/aromatic N) is 1. The van der Waals surface area contributed by atoms with Crippen LogP contribution in [0, 0.1) is 6.92 Å². The molecule has 0 fully saturated rings. The Morgan fingerprint density at radius 2 is 2.00 bits per heavy atom. The highest BCUT2D eigenvalue weighted by Gasteiger charge is 2.27. The maximum atomic E-state index is 12.4. The number of benzene rings is 1. The van der Waals surface area contributed by atoms with Crippen molar-refractivity contribution in [1.29, 1.82) is 0 Å². The van der Waals surface area contributed by atoms with Crippen molar-refractivity contribution in [2.45, 2.75) is 32.7 Å². The molecule has 1 heterocycles. The molecule has 0 aliphatic rings. The summed E-state index contributed by atoms with van der Waals surface area (Å²) in [5, 5.41) is 10.5. The quantitative estimate of drug-likeness (QED) is 0.898. The van der Waals surface area contributed by atoms with Crippen molar-refractivity contribution in [2.75, 3.05) is 13.7 Å². The molecule has 1 aromatic carbocycles. The van der Waals surface area contributed by atoms with Crippen LogP contribution in [-0.2, 0) is 11.2 Å². The van der Waals surface area contributed by atoms with Gasteiger partial charge in [0.15, 0.2) is 0 Å². The smallest absolute Gasteiger partial charge is 0.227 e. The van der Waals surface area contributed by atoms with Gasteiger partial charge in [-0.1, -0.05) is 18.2 Å². The standard InChI is InChI=1S/C16H22N2O2/c1-11-13(12-7-5-6-8-14(12)17-11)9-15(20)18(4)16(2,3)10-19/h5-8,17,19H,9-10H2,1-4H3. The van der Waals surface area contributed by atoms with E-state index in [2.05, 4.69) is 4.98 Å². The third kappa shape index (κ3) is 2.56. The molecule has 0 spiro atoms. The van der Waals surface area contributed by atoms with Crippen LogP contribution in [0.2, 0.25) is 0 Å². The Morgan fingerprint density at radius 3 is 2.65 bits per heavy atom. The van der Waals surface area contributed by atoms with Gasteiger partial charge in [0.1, 0.15) is 0 Å². The molecule has 108 valence electrons. The van der Waals surface area contributed by atoms with E-state index in [-0.39, 0.29) is 12.5 Å². The summed E-state index contributed by atoms with van der Waals surface area (Å²) in [5.74, 6) is 0.0110. The second kappa shape index (κ2) is 5.29. The van der Waals surface area contributed by atoms with Crippen LogP contribution in [0.25, 0.3) is 10.9 Å². The zero-order valence-electron chi connectivity index (χ0n) is 12.5. The summed E-state index contributed by atoms with van der Waals surface area (Å²) in [7, 11) is 1.74. The van der Waals surface area contributed by atoms with Crippen molar-refractivity contribution in [1.82, 2.24) is 9.88 Å². The highest BCUT2D eigenvalue weighted by Crippen LogP contribution is 2.23. The Labute approximate surface area is 119 Å². The van der Waals surface area contributed by atoms with Gasteiger partial charge in [0.05, 0.1) is 18.6 Å². The van der Waals surface area contributed by atoms with Crippen molar-refractivity contribution in [2.24, 2.45) is 0 Å². The molecule has 2 aromatic rings. The summed E-state index contributed by atoms with van der Waals surface area (Å²) in [5.41, 5.74) is 2.56. The van der Waals surface area contributed by atoms with Crippen molar-refractivity contribution in [3.05, 3.63) is 35.5 Å². The monoisotopic (exact) mass is 274 g/mol. The molecule has 4 nitrogen and oxygen atoms in total. The first-order valence-electron chi connectivity index (χ1n) is 6.80. The molecule has 2 rings (SSSR count). The Hall–Kier alpha value is -1.81. The molecule has 2 N–H and O–H groups in total. The van der Waals surface area contributed by atoms with Crippen LogP contribution in [0.1, 0.15) is 25.1 Å². The number of aromatic nitrogens is 1. The Balaban J connectivity index is 2.29. The SMILES string of the molecule is Cc1[nH]c2ccccc2c1CC(=O)N(C)C(C)(C)CO. The van der Waals surface area contributed by atoms with Gasteiger partial charge in [-0.25, -0.2) is 0 Å². The van der Waals surface area contributed by atoms with E-state index in [9.17, 15) is 9.90 Å². The van der Waals surface area contributed by atoms with Gasteiger partial charge in [-0.15, -0.1) is 0 Å². The lowest BCUT2D eigenvalue weighted by atomic mass is 10.0. The van der Waals surface area contributed by atoms with Gasteiger partial charge in [0.2, 0.25) is 5.91 Å². The molecule has 0 unspecified atom stereocenters. The van der Waals surface area contributed by atoms with E-state index in [1.165, 1.54) is 0 Å². The Bertz CT molecular complexity index is 628. The predicted octanol–water partition coefficient (Wildman–Crippen LogP) is 2.25. The Kier molecular flexibility index (Phi) is 3.86. The fourth-order valence-corrected chi connectivity index (χ4v) is 2.28. The van der Waals surface area contributed by atoms with E-state index in [0.717, 1.165) is 22.2 Å². The lowest BCUT2D eigenvalue weighted by Crippen LogP contribution is -2.48. The summed E-state index contributed by atoms with van der Waals surface area (Å²) in [6, 6.07) is 7.99. The van der Waals surface area contributed by atoms with Gasteiger partial charge in [-0.3, -0.25) is 4.79 Å². The molecular weight excluding hydrogens is 252 g/mol. The number of hydrogen-bond donors (Lipinski definition) is 2. The zero-order chi connectivity index (χ0) is 14.9. The van der Waals surface area contributed by atoms with Crippen LogP contribution in [0.3, 0.4) is 0 Å². The number of carbonyl (C=O) groups excluding carboxylic acids is 1. The molecule has 0 saturated heterocycles. The van der Waals surface area contributed by atoms with Crippen LogP contribution in [0.4, 0.5) is 0 Å². The van der Waals surface area contributed by atoms with Crippen molar-refractivity contribution < 1.29 is 9.90 Å². The number of carbonyl (C=O) groups is 1. The fraction of sp³-hybridized carbons (Fsp3) is 0.438. The van der Waals surface area contributed by atoms with E-state index in [1.54, 1.807) is 11.9 Å². The number of hydrogen-bond acceptors (Lipinski definition) is 2. The first-order chi connectivity index (χ1) is 9.36. The summed E-state index contributed by atoms with van der Waals surface area (Å²) in [6.07, 6.45) is 0.343. The molecule has 0 aliphatic heterocycles. The number of H-pyrrole nitrogens is 1. The number of rotatable bonds is 4.